The molecule has 1 unspecified atom stereocenters. The minimum atomic E-state index is -0.333. The van der Waals surface area contributed by atoms with Gasteiger partial charge in [-0.2, -0.15) is 0 Å². The van der Waals surface area contributed by atoms with Crippen molar-refractivity contribution in [3.05, 3.63) is 29.7 Å². The minimum Gasteiger partial charge on any atom is -0.441 e. The average molecular weight is 496 g/mol. The molecule has 0 amide bonds. The highest BCUT2D eigenvalue weighted by Crippen LogP contribution is 2.68. The Bertz CT molecular complexity index is 1110. The number of aryl methyl sites for hydroxylation is 2. The lowest BCUT2D eigenvalue weighted by molar-refractivity contribution is -0.207. The highest BCUT2D eigenvalue weighted by molar-refractivity contribution is 5.73. The Morgan fingerprint density at radius 2 is 1.86 bits per heavy atom. The van der Waals surface area contributed by atoms with Crippen molar-refractivity contribution in [2.45, 2.75) is 104 Å². The Morgan fingerprint density at radius 3 is 2.67 bits per heavy atom. The molecule has 6 rings (SSSR count). The fourth-order valence-corrected chi connectivity index (χ4v) is 9.88. The van der Waals surface area contributed by atoms with Crippen molar-refractivity contribution in [3.63, 3.8) is 0 Å². The molecule has 11 atom stereocenters. The molecule has 1 aromatic heterocycles. The van der Waals surface area contributed by atoms with Crippen molar-refractivity contribution >= 4 is 11.1 Å². The third-order valence-electron chi connectivity index (χ3n) is 11.9. The predicted molar refractivity (Wildman–Crippen MR) is 140 cm³/mol. The second kappa shape index (κ2) is 8.81. The summed E-state index contributed by atoms with van der Waals surface area (Å²) in [6, 6.07) is 6.15. The zero-order valence-corrected chi connectivity index (χ0v) is 22.5. The number of fused-ring (bicyclic) bond motifs is 6. The molecule has 4 aliphatic carbocycles. The van der Waals surface area contributed by atoms with Crippen LogP contribution in [0, 0.1) is 53.3 Å². The van der Waals surface area contributed by atoms with Gasteiger partial charge >= 0.3 is 0 Å². The summed E-state index contributed by atoms with van der Waals surface area (Å²) in [5.41, 5.74) is 2.96. The molecule has 0 bridgehead atoms. The summed E-state index contributed by atoms with van der Waals surface area (Å²) in [6.07, 6.45) is 7.48. The van der Waals surface area contributed by atoms with Crippen molar-refractivity contribution in [3.8, 4) is 0 Å². The van der Waals surface area contributed by atoms with E-state index in [9.17, 15) is 15.3 Å². The van der Waals surface area contributed by atoms with Crippen LogP contribution in [0.1, 0.15) is 83.6 Å². The summed E-state index contributed by atoms with van der Waals surface area (Å²) in [4.78, 5) is 4.73. The molecule has 0 spiro atoms. The molecule has 5 heteroatoms. The largest absolute Gasteiger partial charge is 0.441 e. The molecule has 1 aromatic carbocycles. The highest BCUT2D eigenvalue weighted by atomic mass is 16.3. The number of benzene rings is 1. The Balaban J connectivity index is 1.20. The Kier molecular flexibility index (Phi) is 6.09. The molecule has 4 fully saturated rings. The van der Waals surface area contributed by atoms with Crippen LogP contribution in [0.5, 0.6) is 0 Å². The number of hydrogen-bond acceptors (Lipinski definition) is 5. The van der Waals surface area contributed by atoms with Gasteiger partial charge in [0, 0.05) is 6.42 Å². The summed E-state index contributed by atoms with van der Waals surface area (Å²) >= 11 is 0. The van der Waals surface area contributed by atoms with E-state index in [1.165, 1.54) is 5.56 Å². The number of aliphatic hydroxyl groups is 3. The van der Waals surface area contributed by atoms with E-state index < -0.39 is 0 Å². The number of aromatic nitrogens is 1. The van der Waals surface area contributed by atoms with Gasteiger partial charge in [0.15, 0.2) is 11.5 Å². The average Bonchev–Trinajstić information content (AvgIpc) is 3.40. The Morgan fingerprint density at radius 1 is 1.06 bits per heavy atom. The molecule has 3 N–H and O–H groups in total. The molecule has 36 heavy (non-hydrogen) atoms. The highest BCUT2D eigenvalue weighted by Gasteiger charge is 2.65. The molecule has 4 aliphatic rings. The maximum absolute atomic E-state index is 11.8. The third-order valence-corrected chi connectivity index (χ3v) is 11.9. The van der Waals surface area contributed by atoms with Gasteiger partial charge in [0.05, 0.1) is 18.3 Å². The normalized spacial score (nSPS) is 45.2. The predicted octanol–water partition coefficient (Wildman–Crippen LogP) is 5.67. The lowest BCUT2D eigenvalue weighted by Gasteiger charge is -2.63. The van der Waals surface area contributed by atoms with Crippen LogP contribution in [0.25, 0.3) is 11.1 Å². The van der Waals surface area contributed by atoms with Crippen molar-refractivity contribution in [1.29, 1.82) is 0 Å². The van der Waals surface area contributed by atoms with Gasteiger partial charge in [0.1, 0.15) is 5.52 Å². The first-order valence-corrected chi connectivity index (χ1v) is 14.5. The Hall–Kier alpha value is -1.43. The maximum Gasteiger partial charge on any atom is 0.195 e. The van der Waals surface area contributed by atoms with Gasteiger partial charge in [0.2, 0.25) is 0 Å². The molecular weight excluding hydrogens is 450 g/mol. The van der Waals surface area contributed by atoms with Crippen LogP contribution in [0.3, 0.4) is 0 Å². The first-order valence-electron chi connectivity index (χ1n) is 14.5. The molecule has 0 aliphatic heterocycles. The number of hydrogen-bond donors (Lipinski definition) is 3. The van der Waals surface area contributed by atoms with E-state index in [-0.39, 0.29) is 35.1 Å². The van der Waals surface area contributed by atoms with Gasteiger partial charge < -0.3 is 19.7 Å². The smallest absolute Gasteiger partial charge is 0.195 e. The molecule has 0 radical (unpaired) electrons. The van der Waals surface area contributed by atoms with Gasteiger partial charge in [-0.1, -0.05) is 26.8 Å². The fourth-order valence-electron chi connectivity index (χ4n) is 9.88. The summed E-state index contributed by atoms with van der Waals surface area (Å²) in [5, 5.41) is 33.6. The van der Waals surface area contributed by atoms with E-state index >= 15 is 0 Å². The molecule has 198 valence electrons. The van der Waals surface area contributed by atoms with E-state index in [4.69, 9.17) is 9.40 Å². The van der Waals surface area contributed by atoms with Gasteiger partial charge in [-0.15, -0.1) is 0 Å². The first-order chi connectivity index (χ1) is 17.1. The van der Waals surface area contributed by atoms with Crippen LogP contribution in [0.4, 0.5) is 0 Å². The number of nitrogens with zero attached hydrogens (tertiary/aromatic N) is 1. The second-order valence-corrected chi connectivity index (χ2v) is 13.6. The molecule has 4 saturated carbocycles. The lowest BCUT2D eigenvalue weighted by Crippen LogP contribution is -2.62. The van der Waals surface area contributed by atoms with E-state index in [1.807, 2.05) is 6.07 Å². The standard InChI is InChI=1S/C31H45NO4/c1-17-5-9-26-24(13-17)32-28(36-26)10-6-18(2)21-7-8-22-29-23(16-27(35)31(21,22)4)30(3)12-11-20(33)14-19(30)15-25(29)34/h5,9,13,18-23,25,27,29,33-35H,6-8,10-12,14-16H2,1-4H3/t18?,19-,20+,21+,22-,23-,25+,27-,29-,30-,31+/m0/s1. The van der Waals surface area contributed by atoms with Crippen LogP contribution in [0.15, 0.2) is 22.6 Å². The van der Waals surface area contributed by atoms with Crippen molar-refractivity contribution in [2.75, 3.05) is 0 Å². The van der Waals surface area contributed by atoms with Gasteiger partial charge in [-0.05, 0) is 122 Å². The third kappa shape index (κ3) is 3.71. The van der Waals surface area contributed by atoms with Crippen LogP contribution in [-0.2, 0) is 6.42 Å². The summed E-state index contributed by atoms with van der Waals surface area (Å²) in [6.45, 7) is 9.16. The SMILES string of the molecule is Cc1ccc2oc(CCC(C)[C@H]3CC[C@H]4[C@@H]5[C@H](O)C[C@@H]6C[C@H](O)CC[C@]6(C)[C@H]5C[C@H](O)[C@]34C)nc2c1. The van der Waals surface area contributed by atoms with E-state index in [2.05, 4.69) is 39.8 Å². The van der Waals surface area contributed by atoms with E-state index in [0.717, 1.165) is 74.8 Å². The van der Waals surface area contributed by atoms with Gasteiger partial charge in [0.25, 0.3) is 0 Å². The van der Waals surface area contributed by atoms with Crippen molar-refractivity contribution < 1.29 is 19.7 Å². The lowest BCUT2D eigenvalue weighted by atomic mass is 9.43. The van der Waals surface area contributed by atoms with E-state index in [0.29, 0.717) is 29.6 Å². The molecule has 0 saturated heterocycles. The molecule has 5 nitrogen and oxygen atoms in total. The van der Waals surface area contributed by atoms with Crippen LogP contribution in [0.2, 0.25) is 0 Å². The number of aliphatic hydroxyl groups excluding tert-OH is 3. The van der Waals surface area contributed by atoms with Crippen LogP contribution >= 0.6 is 0 Å². The van der Waals surface area contributed by atoms with Crippen molar-refractivity contribution in [2.24, 2.45) is 46.3 Å². The molecule has 2 aromatic rings. The van der Waals surface area contributed by atoms with Crippen LogP contribution < -0.4 is 0 Å². The zero-order valence-electron chi connectivity index (χ0n) is 22.5. The van der Waals surface area contributed by atoms with E-state index in [1.54, 1.807) is 0 Å². The maximum atomic E-state index is 11.8. The second-order valence-electron chi connectivity index (χ2n) is 13.6. The summed E-state index contributed by atoms with van der Waals surface area (Å²) in [5.74, 6) is 3.06. The van der Waals surface area contributed by atoms with Gasteiger partial charge in [-0.3, -0.25) is 0 Å². The summed E-state index contributed by atoms with van der Waals surface area (Å²) < 4.78 is 6.03. The number of rotatable bonds is 4. The zero-order chi connectivity index (χ0) is 25.4. The molecular formula is C31H45NO4. The topological polar surface area (TPSA) is 86.7 Å². The van der Waals surface area contributed by atoms with Gasteiger partial charge in [-0.25, -0.2) is 4.98 Å². The first kappa shape index (κ1) is 24.9. The monoisotopic (exact) mass is 495 g/mol. The van der Waals surface area contributed by atoms with Crippen molar-refractivity contribution in [1.82, 2.24) is 4.98 Å². The quantitative estimate of drug-likeness (QED) is 0.509. The van der Waals surface area contributed by atoms with Crippen LogP contribution in [-0.4, -0.2) is 38.6 Å². The Labute approximate surface area is 215 Å². The fraction of sp³-hybridized carbons (Fsp3) is 0.774. The minimum absolute atomic E-state index is 0.125. The summed E-state index contributed by atoms with van der Waals surface area (Å²) in [7, 11) is 0. The molecule has 1 heterocycles. The number of oxazole rings is 1.